The second-order valence-corrected chi connectivity index (χ2v) is 9.40. The van der Waals surface area contributed by atoms with Gasteiger partial charge in [0.15, 0.2) is 5.69 Å². The molecular formula is C24H24FN3O. The summed E-state index contributed by atoms with van der Waals surface area (Å²) in [6.45, 7) is 0. The number of nitrogens with one attached hydrogen (secondary N) is 1. The fraction of sp³-hybridized carbons (Fsp3) is 0.417. The van der Waals surface area contributed by atoms with Gasteiger partial charge in [0.2, 0.25) is 0 Å². The van der Waals surface area contributed by atoms with E-state index in [4.69, 9.17) is 0 Å². The Morgan fingerprint density at radius 2 is 1.76 bits per heavy atom. The molecule has 148 valence electrons. The summed E-state index contributed by atoms with van der Waals surface area (Å²) < 4.78 is 15.7. The largest absolute Gasteiger partial charge is 0.345 e. The standard InChI is InChI=1S/C24H24FN3O/c25-19-5-3-4-18(11-19)22-26-21(20-6-1-2-7-28(20)22)23(29)27-24-12-15-8-16(13-24)10-17(9-15)14-24/h1-7,11,15-17H,8-10,12-14H2,(H,27,29). The Balaban J connectivity index is 1.38. The quantitative estimate of drug-likeness (QED) is 0.697. The van der Waals surface area contributed by atoms with Crippen molar-refractivity contribution in [3.05, 3.63) is 60.2 Å². The van der Waals surface area contributed by atoms with Crippen LogP contribution in [-0.4, -0.2) is 20.8 Å². The van der Waals surface area contributed by atoms with E-state index in [-0.39, 0.29) is 17.3 Å². The molecule has 2 heterocycles. The van der Waals surface area contributed by atoms with Crippen molar-refractivity contribution in [1.82, 2.24) is 14.7 Å². The van der Waals surface area contributed by atoms with Gasteiger partial charge in [0.1, 0.15) is 11.6 Å². The summed E-state index contributed by atoms with van der Waals surface area (Å²) in [5, 5.41) is 3.42. The van der Waals surface area contributed by atoms with Gasteiger partial charge in [0.25, 0.3) is 5.91 Å². The summed E-state index contributed by atoms with van der Waals surface area (Å²) in [7, 11) is 0. The zero-order chi connectivity index (χ0) is 19.6. The first-order valence-corrected chi connectivity index (χ1v) is 10.6. The van der Waals surface area contributed by atoms with Crippen LogP contribution in [0.3, 0.4) is 0 Å². The Bertz CT molecular complexity index is 1080. The normalized spacial score (nSPS) is 30.0. The van der Waals surface area contributed by atoms with E-state index < -0.39 is 0 Å². The number of hydrogen-bond donors (Lipinski definition) is 1. The molecule has 4 aliphatic carbocycles. The highest BCUT2D eigenvalue weighted by Crippen LogP contribution is 2.55. The first kappa shape index (κ1) is 17.2. The van der Waals surface area contributed by atoms with Crippen LogP contribution in [0.2, 0.25) is 0 Å². The van der Waals surface area contributed by atoms with Crippen molar-refractivity contribution in [1.29, 1.82) is 0 Å². The van der Waals surface area contributed by atoms with E-state index >= 15 is 0 Å². The van der Waals surface area contributed by atoms with E-state index in [2.05, 4.69) is 10.3 Å². The Kier molecular flexibility index (Phi) is 3.65. The molecule has 3 aromatic rings. The van der Waals surface area contributed by atoms with Crippen LogP contribution in [0.25, 0.3) is 16.9 Å². The number of carbonyl (C=O) groups is 1. The van der Waals surface area contributed by atoms with Crippen LogP contribution < -0.4 is 5.32 Å². The maximum Gasteiger partial charge on any atom is 0.272 e. The summed E-state index contributed by atoms with van der Waals surface area (Å²) in [6, 6.07) is 12.1. The van der Waals surface area contributed by atoms with E-state index in [9.17, 15) is 9.18 Å². The maximum atomic E-state index is 13.8. The third kappa shape index (κ3) is 2.78. The fourth-order valence-corrected chi connectivity index (χ4v) is 6.60. The monoisotopic (exact) mass is 389 g/mol. The predicted molar refractivity (Wildman–Crippen MR) is 109 cm³/mol. The number of imidazole rings is 1. The highest BCUT2D eigenvalue weighted by atomic mass is 19.1. The minimum Gasteiger partial charge on any atom is -0.345 e. The van der Waals surface area contributed by atoms with Crippen molar-refractivity contribution in [2.75, 3.05) is 0 Å². The molecule has 0 radical (unpaired) electrons. The molecule has 0 aliphatic heterocycles. The highest BCUT2D eigenvalue weighted by Gasteiger charge is 2.51. The van der Waals surface area contributed by atoms with Gasteiger partial charge < -0.3 is 5.32 Å². The molecule has 0 atom stereocenters. The van der Waals surface area contributed by atoms with Gasteiger partial charge in [0.05, 0.1) is 5.52 Å². The smallest absolute Gasteiger partial charge is 0.272 e. The van der Waals surface area contributed by atoms with Crippen LogP contribution in [0.15, 0.2) is 48.7 Å². The summed E-state index contributed by atoms with van der Waals surface area (Å²) in [5.74, 6) is 2.48. The highest BCUT2D eigenvalue weighted by molar-refractivity contribution is 6.00. The van der Waals surface area contributed by atoms with Crippen molar-refractivity contribution >= 4 is 11.4 Å². The molecule has 7 rings (SSSR count). The third-order valence-electron chi connectivity index (χ3n) is 7.26. The van der Waals surface area contributed by atoms with Gasteiger partial charge >= 0.3 is 0 Å². The average molecular weight is 389 g/mol. The van der Waals surface area contributed by atoms with E-state index in [1.807, 2.05) is 34.9 Å². The van der Waals surface area contributed by atoms with Crippen molar-refractivity contribution in [2.24, 2.45) is 17.8 Å². The average Bonchev–Trinajstić information content (AvgIpc) is 3.06. The Hall–Kier alpha value is -2.69. The predicted octanol–water partition coefficient (Wildman–Crippen LogP) is 4.84. The zero-order valence-electron chi connectivity index (χ0n) is 16.3. The molecule has 4 saturated carbocycles. The number of benzene rings is 1. The Labute approximate surface area is 169 Å². The van der Waals surface area contributed by atoms with Gasteiger partial charge in [-0.1, -0.05) is 18.2 Å². The van der Waals surface area contributed by atoms with Gasteiger partial charge in [-0.3, -0.25) is 9.20 Å². The van der Waals surface area contributed by atoms with Crippen LogP contribution in [0, 0.1) is 23.6 Å². The lowest BCUT2D eigenvalue weighted by Crippen LogP contribution is -2.59. The van der Waals surface area contributed by atoms with Crippen LogP contribution >= 0.6 is 0 Å². The second kappa shape index (κ2) is 6.15. The molecule has 4 fully saturated rings. The summed E-state index contributed by atoms with van der Waals surface area (Å²) in [5.41, 5.74) is 1.80. The molecule has 1 N–H and O–H groups in total. The van der Waals surface area contributed by atoms with Crippen LogP contribution in [0.5, 0.6) is 0 Å². The number of aromatic nitrogens is 2. The van der Waals surface area contributed by atoms with Gasteiger partial charge in [-0.25, -0.2) is 9.37 Å². The topological polar surface area (TPSA) is 46.4 Å². The first-order valence-electron chi connectivity index (χ1n) is 10.6. The lowest BCUT2D eigenvalue weighted by atomic mass is 9.53. The van der Waals surface area contributed by atoms with E-state index in [1.165, 1.54) is 31.4 Å². The molecule has 29 heavy (non-hydrogen) atoms. The second-order valence-electron chi connectivity index (χ2n) is 9.40. The van der Waals surface area contributed by atoms with E-state index in [0.717, 1.165) is 42.5 Å². The van der Waals surface area contributed by atoms with Gasteiger partial charge in [0, 0.05) is 17.3 Å². The van der Waals surface area contributed by atoms with Crippen molar-refractivity contribution in [3.8, 4) is 11.4 Å². The number of halogens is 1. The molecule has 2 aromatic heterocycles. The van der Waals surface area contributed by atoms with Gasteiger partial charge in [-0.05, 0) is 80.5 Å². The molecule has 0 spiro atoms. The number of nitrogens with zero attached hydrogens (tertiary/aromatic N) is 2. The zero-order valence-corrected chi connectivity index (χ0v) is 16.3. The molecule has 4 nitrogen and oxygen atoms in total. The van der Waals surface area contributed by atoms with Crippen LogP contribution in [0.4, 0.5) is 4.39 Å². The van der Waals surface area contributed by atoms with Gasteiger partial charge in [-0.15, -0.1) is 0 Å². The minimum absolute atomic E-state index is 0.0599. The maximum absolute atomic E-state index is 13.8. The number of pyridine rings is 1. The number of carbonyl (C=O) groups excluding carboxylic acids is 1. The summed E-state index contributed by atoms with van der Waals surface area (Å²) in [6.07, 6.45) is 9.21. The minimum atomic E-state index is -0.310. The molecule has 4 aliphatic rings. The first-order chi connectivity index (χ1) is 14.1. The molecule has 0 saturated heterocycles. The van der Waals surface area contributed by atoms with E-state index in [1.54, 1.807) is 6.07 Å². The van der Waals surface area contributed by atoms with Crippen LogP contribution in [-0.2, 0) is 0 Å². The summed E-state index contributed by atoms with van der Waals surface area (Å²) in [4.78, 5) is 18.1. The van der Waals surface area contributed by atoms with Crippen molar-refractivity contribution in [2.45, 2.75) is 44.1 Å². The molecule has 4 bridgehead atoms. The number of fused-ring (bicyclic) bond motifs is 1. The Morgan fingerprint density at radius 3 is 2.45 bits per heavy atom. The lowest BCUT2D eigenvalue weighted by Gasteiger charge is -2.56. The van der Waals surface area contributed by atoms with Crippen molar-refractivity contribution in [3.63, 3.8) is 0 Å². The third-order valence-corrected chi connectivity index (χ3v) is 7.26. The van der Waals surface area contributed by atoms with Crippen molar-refractivity contribution < 1.29 is 9.18 Å². The van der Waals surface area contributed by atoms with Crippen LogP contribution in [0.1, 0.15) is 49.0 Å². The SMILES string of the molecule is O=C(NC12CC3CC(CC(C3)C1)C2)c1nc(-c2cccc(F)c2)n2ccccc12. The molecule has 1 aromatic carbocycles. The lowest BCUT2D eigenvalue weighted by molar-refractivity contribution is -0.0167. The molecule has 0 unspecified atom stereocenters. The molecule has 5 heteroatoms. The number of hydrogen-bond acceptors (Lipinski definition) is 2. The summed E-state index contributed by atoms with van der Waals surface area (Å²) >= 11 is 0. The number of rotatable bonds is 3. The fourth-order valence-electron chi connectivity index (χ4n) is 6.60. The number of amides is 1. The molecule has 1 amide bonds. The van der Waals surface area contributed by atoms with Gasteiger partial charge in [-0.2, -0.15) is 0 Å². The Morgan fingerprint density at radius 1 is 1.03 bits per heavy atom. The molecular weight excluding hydrogens is 365 g/mol. The van der Waals surface area contributed by atoms with E-state index in [0.29, 0.717) is 17.1 Å².